The van der Waals surface area contributed by atoms with Crippen molar-refractivity contribution in [2.45, 2.75) is 31.1 Å². The molecule has 6 heteroatoms. The Kier molecular flexibility index (Phi) is 4.84. The van der Waals surface area contributed by atoms with Crippen LogP contribution >= 0.6 is 27.5 Å². The largest absolute Gasteiger partial charge is 0.411 e. The lowest BCUT2D eigenvalue weighted by molar-refractivity contribution is -0.123. The van der Waals surface area contributed by atoms with Crippen LogP contribution in [0.1, 0.15) is 36.8 Å². The van der Waals surface area contributed by atoms with Gasteiger partial charge in [0.25, 0.3) is 0 Å². The number of anilines is 1. The lowest BCUT2D eigenvalue weighted by Crippen LogP contribution is -2.51. The molecule has 1 heterocycles. The molecule has 0 bridgehead atoms. The van der Waals surface area contributed by atoms with E-state index in [9.17, 15) is 10.0 Å². The molecule has 1 fully saturated rings. The van der Waals surface area contributed by atoms with Crippen molar-refractivity contribution >= 4 is 44.8 Å². The second-order valence-corrected chi connectivity index (χ2v) is 8.95. The first-order valence-electron chi connectivity index (χ1n) is 9.10. The van der Waals surface area contributed by atoms with Crippen LogP contribution in [0.4, 0.5) is 5.69 Å². The van der Waals surface area contributed by atoms with Gasteiger partial charge >= 0.3 is 0 Å². The van der Waals surface area contributed by atoms with Crippen LogP contribution in [0.15, 0.2) is 64.2 Å². The molecule has 2 N–H and O–H groups in total. The Bertz CT molecular complexity index is 1020. The molecule has 144 valence electrons. The molecule has 0 radical (unpaired) electrons. The molecule has 0 unspecified atom stereocenters. The van der Waals surface area contributed by atoms with Gasteiger partial charge in [-0.25, -0.2) is 0 Å². The van der Waals surface area contributed by atoms with Gasteiger partial charge in [-0.05, 0) is 55.2 Å². The molecular formula is C22H20BrClN2O2. The Morgan fingerprint density at radius 1 is 1.32 bits per heavy atom. The number of carbonyl (C=O) groups is 1. The van der Waals surface area contributed by atoms with E-state index < -0.39 is 5.41 Å². The van der Waals surface area contributed by atoms with E-state index in [1.807, 2.05) is 49.4 Å². The van der Waals surface area contributed by atoms with Gasteiger partial charge in [-0.3, -0.25) is 4.79 Å². The van der Waals surface area contributed by atoms with Crippen molar-refractivity contribution in [2.75, 3.05) is 5.32 Å². The number of oxime groups is 1. The number of rotatable bonds is 2. The van der Waals surface area contributed by atoms with Crippen molar-refractivity contribution in [3.63, 3.8) is 0 Å². The number of benzene rings is 2. The molecular weight excluding hydrogens is 440 g/mol. The molecule has 4 nitrogen and oxygen atoms in total. The second-order valence-electron chi connectivity index (χ2n) is 7.59. The number of allylic oxidation sites excluding steroid dienone is 1. The van der Waals surface area contributed by atoms with Crippen molar-refractivity contribution in [3.05, 3.63) is 75.2 Å². The molecule has 4 rings (SSSR count). The van der Waals surface area contributed by atoms with E-state index in [2.05, 4.69) is 33.0 Å². The van der Waals surface area contributed by atoms with Gasteiger partial charge in [-0.1, -0.05) is 63.0 Å². The number of hydrogen-bond donors (Lipinski definition) is 2. The summed E-state index contributed by atoms with van der Waals surface area (Å²) in [5, 5.41) is 16.8. The molecule has 28 heavy (non-hydrogen) atoms. The van der Waals surface area contributed by atoms with Crippen molar-refractivity contribution in [2.24, 2.45) is 11.1 Å². The highest BCUT2D eigenvalue weighted by molar-refractivity contribution is 9.10. The van der Waals surface area contributed by atoms with Crippen molar-refractivity contribution in [1.29, 1.82) is 0 Å². The summed E-state index contributed by atoms with van der Waals surface area (Å²) in [6.07, 6.45) is 0.968. The molecule has 1 amide bonds. The highest BCUT2D eigenvalue weighted by atomic mass is 79.9. The topological polar surface area (TPSA) is 61.7 Å². The molecule has 2 aliphatic rings. The Labute approximate surface area is 177 Å². The number of amides is 1. The number of carbonyl (C=O) groups excluding carboxylic acids is 1. The van der Waals surface area contributed by atoms with Gasteiger partial charge in [0.05, 0.1) is 11.1 Å². The Balaban J connectivity index is 2.02. The minimum atomic E-state index is -0.833. The molecule has 3 atom stereocenters. The van der Waals surface area contributed by atoms with Crippen LogP contribution in [-0.4, -0.2) is 16.8 Å². The van der Waals surface area contributed by atoms with E-state index in [-0.39, 0.29) is 17.7 Å². The van der Waals surface area contributed by atoms with Crippen LogP contribution in [-0.2, 0) is 10.2 Å². The van der Waals surface area contributed by atoms with E-state index in [0.717, 1.165) is 26.9 Å². The first kappa shape index (κ1) is 19.2. The Hall–Kier alpha value is -2.11. The van der Waals surface area contributed by atoms with E-state index in [0.29, 0.717) is 23.6 Å². The maximum absolute atomic E-state index is 13.6. The number of fused-ring (bicyclic) bond motifs is 2. The van der Waals surface area contributed by atoms with Gasteiger partial charge in [0.2, 0.25) is 5.91 Å². The summed E-state index contributed by atoms with van der Waals surface area (Å²) in [5.74, 6) is -0.468. The molecule has 0 saturated heterocycles. The Morgan fingerprint density at radius 2 is 2.11 bits per heavy atom. The summed E-state index contributed by atoms with van der Waals surface area (Å²) < 4.78 is 0.906. The molecule has 2 aromatic rings. The minimum absolute atomic E-state index is 0.0458. The predicted octanol–water partition coefficient (Wildman–Crippen LogP) is 5.89. The predicted molar refractivity (Wildman–Crippen MR) is 115 cm³/mol. The number of nitrogens with one attached hydrogen (secondary N) is 1. The lowest BCUT2D eigenvalue weighted by Gasteiger charge is -2.46. The third-order valence-corrected chi connectivity index (χ3v) is 6.75. The molecule has 1 saturated carbocycles. The van der Waals surface area contributed by atoms with Crippen LogP contribution in [0.25, 0.3) is 0 Å². The van der Waals surface area contributed by atoms with E-state index in [1.54, 1.807) is 0 Å². The van der Waals surface area contributed by atoms with Gasteiger partial charge < -0.3 is 10.5 Å². The van der Waals surface area contributed by atoms with Crippen LogP contribution < -0.4 is 5.32 Å². The fraction of sp³-hybridized carbons (Fsp3) is 0.273. The highest BCUT2D eigenvalue weighted by Crippen LogP contribution is 2.58. The van der Waals surface area contributed by atoms with Gasteiger partial charge in [0.15, 0.2) is 0 Å². The molecule has 1 aliphatic carbocycles. The summed E-state index contributed by atoms with van der Waals surface area (Å²) >= 11 is 9.78. The third kappa shape index (κ3) is 2.80. The average molecular weight is 460 g/mol. The SMILES string of the molecule is C=C(C)[C@@H]1C/C(=N/O)C[C@@H](c2cccc(Cl)c2)[C@@]12C(=O)Nc1cc(Br)ccc12. The van der Waals surface area contributed by atoms with Crippen LogP contribution in [0.5, 0.6) is 0 Å². The third-order valence-electron chi connectivity index (χ3n) is 6.02. The zero-order valence-corrected chi connectivity index (χ0v) is 17.7. The molecule has 1 spiro atoms. The van der Waals surface area contributed by atoms with Crippen LogP contribution in [0.3, 0.4) is 0 Å². The van der Waals surface area contributed by atoms with Gasteiger partial charge in [0, 0.05) is 27.0 Å². The van der Waals surface area contributed by atoms with Gasteiger partial charge in [-0.15, -0.1) is 0 Å². The summed E-state index contributed by atoms with van der Waals surface area (Å²) in [4.78, 5) is 13.6. The second kappa shape index (κ2) is 7.05. The van der Waals surface area contributed by atoms with Crippen LogP contribution in [0.2, 0.25) is 5.02 Å². The van der Waals surface area contributed by atoms with Crippen molar-refractivity contribution in [3.8, 4) is 0 Å². The number of nitrogens with zero attached hydrogens (tertiary/aromatic N) is 1. The quantitative estimate of drug-likeness (QED) is 0.334. The Morgan fingerprint density at radius 3 is 2.79 bits per heavy atom. The highest BCUT2D eigenvalue weighted by Gasteiger charge is 2.60. The van der Waals surface area contributed by atoms with E-state index >= 15 is 0 Å². The summed E-state index contributed by atoms with van der Waals surface area (Å²) in [6, 6.07) is 13.5. The van der Waals surface area contributed by atoms with Crippen LogP contribution in [0, 0.1) is 5.92 Å². The fourth-order valence-electron chi connectivity index (χ4n) is 4.89. The van der Waals surface area contributed by atoms with Crippen molar-refractivity contribution in [1.82, 2.24) is 0 Å². The zero-order valence-electron chi connectivity index (χ0n) is 15.4. The molecule has 0 aromatic heterocycles. The lowest BCUT2D eigenvalue weighted by atomic mass is 9.54. The smallest absolute Gasteiger partial charge is 0.236 e. The summed E-state index contributed by atoms with van der Waals surface area (Å²) in [6.45, 7) is 6.12. The van der Waals surface area contributed by atoms with Gasteiger partial charge in [0.1, 0.15) is 0 Å². The molecule has 2 aromatic carbocycles. The van der Waals surface area contributed by atoms with E-state index in [4.69, 9.17) is 11.6 Å². The summed E-state index contributed by atoms with van der Waals surface area (Å²) in [5.41, 5.74) is 3.43. The number of hydrogen-bond acceptors (Lipinski definition) is 3. The van der Waals surface area contributed by atoms with Crippen molar-refractivity contribution < 1.29 is 10.0 Å². The number of halogens is 2. The molecule has 1 aliphatic heterocycles. The first-order chi connectivity index (χ1) is 13.4. The normalized spacial score (nSPS) is 27.7. The standard InChI is InChI=1S/C22H20BrClN2O2/c1-12(2)18-10-16(26-28)11-19(13-4-3-5-15(24)8-13)22(18)17-7-6-14(23)9-20(17)25-21(22)27/h3-9,18-19,28H,1,10-11H2,2H3,(H,25,27)/b26-16-/t18-,19-,22-/m0/s1. The van der Waals surface area contributed by atoms with E-state index in [1.165, 1.54) is 0 Å². The monoisotopic (exact) mass is 458 g/mol. The zero-order chi connectivity index (χ0) is 20.1. The maximum Gasteiger partial charge on any atom is 0.236 e. The average Bonchev–Trinajstić information content (AvgIpc) is 2.93. The summed E-state index contributed by atoms with van der Waals surface area (Å²) in [7, 11) is 0. The fourth-order valence-corrected chi connectivity index (χ4v) is 5.45. The maximum atomic E-state index is 13.6. The first-order valence-corrected chi connectivity index (χ1v) is 10.3. The van der Waals surface area contributed by atoms with Gasteiger partial charge in [-0.2, -0.15) is 0 Å². The minimum Gasteiger partial charge on any atom is -0.411 e.